The molecule has 1 atom stereocenters. The van der Waals surface area contributed by atoms with Gasteiger partial charge in [-0.3, -0.25) is 0 Å². The maximum atomic E-state index is 2.48. The molecule has 1 aromatic carbocycles. The highest BCUT2D eigenvalue weighted by molar-refractivity contribution is 6.80. The topological polar surface area (TPSA) is 4.93 Å². The van der Waals surface area contributed by atoms with E-state index in [1.54, 1.807) is 0 Å². The van der Waals surface area contributed by atoms with E-state index >= 15 is 0 Å². The first-order valence-electron chi connectivity index (χ1n) is 8.14. The molecule has 1 nitrogen and oxygen atoms in total. The molecule has 0 radical (unpaired) electrons. The molecule has 2 heteroatoms. The first kappa shape index (κ1) is 15.4. The third-order valence-corrected chi connectivity index (χ3v) is 8.83. The van der Waals surface area contributed by atoms with Gasteiger partial charge in [-0.25, -0.2) is 0 Å². The highest BCUT2D eigenvalue weighted by Gasteiger charge is 2.48. The van der Waals surface area contributed by atoms with Crippen molar-refractivity contribution in [2.75, 3.05) is 0 Å². The predicted octanol–water partition coefficient (Wildman–Crippen LogP) is 6.26. The summed E-state index contributed by atoms with van der Waals surface area (Å²) >= 11 is 0. The van der Waals surface area contributed by atoms with E-state index in [4.69, 9.17) is 0 Å². The molecule has 1 unspecified atom stereocenters. The molecule has 0 fully saturated rings. The lowest BCUT2D eigenvalue weighted by molar-refractivity contribution is 0.349. The average molecular weight is 310 g/mol. The Labute approximate surface area is 135 Å². The molecule has 3 rings (SSSR count). The van der Waals surface area contributed by atoms with Crippen LogP contribution >= 0.6 is 0 Å². The van der Waals surface area contributed by atoms with Crippen LogP contribution < -0.4 is 0 Å². The van der Waals surface area contributed by atoms with Crippen molar-refractivity contribution in [1.82, 2.24) is 4.57 Å². The number of rotatable bonds is 1. The highest BCUT2D eigenvalue weighted by atomic mass is 28.3. The Hall–Kier alpha value is -1.54. The maximum Gasteiger partial charge on any atom is 0.0604 e. The molecule has 0 saturated heterocycles. The van der Waals surface area contributed by atoms with E-state index in [0.29, 0.717) is 0 Å². The van der Waals surface area contributed by atoms with Gasteiger partial charge in [0.1, 0.15) is 0 Å². The molecule has 22 heavy (non-hydrogen) atoms. The van der Waals surface area contributed by atoms with Gasteiger partial charge in [-0.05, 0) is 23.6 Å². The highest BCUT2D eigenvalue weighted by Crippen LogP contribution is 2.56. The molecule has 1 aromatic heterocycles. The summed E-state index contributed by atoms with van der Waals surface area (Å²) in [7, 11) is -1.44. The Morgan fingerprint density at radius 3 is 2.32 bits per heavy atom. The number of fused-ring (bicyclic) bond motifs is 3. The normalized spacial score (nSPS) is 21.9. The van der Waals surface area contributed by atoms with Crippen molar-refractivity contribution in [3.8, 4) is 0 Å². The number of para-hydroxylation sites is 1. The van der Waals surface area contributed by atoms with Crippen LogP contribution in [-0.4, -0.2) is 12.6 Å². The molecule has 2 heterocycles. The second-order valence-corrected chi connectivity index (χ2v) is 13.8. The molecule has 0 amide bonds. The third kappa shape index (κ3) is 2.12. The molecule has 2 aromatic rings. The van der Waals surface area contributed by atoms with Crippen LogP contribution in [0, 0.1) is 5.41 Å². The molecule has 0 aliphatic carbocycles. The molecule has 1 aliphatic rings. The second-order valence-electron chi connectivity index (χ2n) is 8.52. The fourth-order valence-electron chi connectivity index (χ4n) is 4.08. The zero-order valence-electron chi connectivity index (χ0n) is 14.6. The van der Waals surface area contributed by atoms with Crippen LogP contribution in [0.2, 0.25) is 24.7 Å². The Morgan fingerprint density at radius 2 is 1.68 bits per heavy atom. The Bertz CT molecular complexity index is 749. The molecule has 0 bridgehead atoms. The maximum absolute atomic E-state index is 2.48. The van der Waals surface area contributed by atoms with Crippen molar-refractivity contribution in [3.63, 3.8) is 0 Å². The summed E-state index contributed by atoms with van der Waals surface area (Å²) in [5, 5.41) is 1.46. The van der Waals surface area contributed by atoms with Gasteiger partial charge in [-0.2, -0.15) is 0 Å². The van der Waals surface area contributed by atoms with E-state index in [1.165, 1.54) is 16.6 Å². The van der Waals surface area contributed by atoms with E-state index in [9.17, 15) is 0 Å². The summed E-state index contributed by atoms with van der Waals surface area (Å²) in [6.45, 7) is 14.6. The minimum atomic E-state index is -1.44. The second kappa shape index (κ2) is 4.72. The van der Waals surface area contributed by atoms with E-state index in [0.717, 1.165) is 0 Å². The standard InChI is InChI=1S/C20H27NSi/c1-19(2,3)20(22(4,5)6)12-11-17-15-16-9-7-8-10-18(16)21(17)14-13-20/h7-15H,1-6H3. The third-order valence-electron chi connectivity index (χ3n) is 5.26. The van der Waals surface area contributed by atoms with Crippen molar-refractivity contribution in [3.05, 3.63) is 48.2 Å². The van der Waals surface area contributed by atoms with E-state index < -0.39 is 8.07 Å². The van der Waals surface area contributed by atoms with Crippen LogP contribution in [0.15, 0.2) is 42.5 Å². The Morgan fingerprint density at radius 1 is 1.00 bits per heavy atom. The van der Waals surface area contributed by atoms with Gasteiger partial charge in [-0.15, -0.1) is 0 Å². The summed E-state index contributed by atoms with van der Waals surface area (Å²) in [6, 6.07) is 10.9. The number of aromatic nitrogens is 1. The number of hydrogen-bond donors (Lipinski definition) is 0. The van der Waals surface area contributed by atoms with Gasteiger partial charge in [0, 0.05) is 22.3 Å². The molecule has 116 valence electrons. The largest absolute Gasteiger partial charge is 0.317 e. The minimum Gasteiger partial charge on any atom is -0.317 e. The average Bonchev–Trinajstić information content (AvgIpc) is 2.61. The van der Waals surface area contributed by atoms with Crippen molar-refractivity contribution in [2.45, 2.75) is 45.5 Å². The smallest absolute Gasteiger partial charge is 0.0604 e. The van der Waals surface area contributed by atoms with Gasteiger partial charge in [0.15, 0.2) is 0 Å². The Kier molecular flexibility index (Phi) is 3.30. The molecular formula is C20H27NSi. The monoisotopic (exact) mass is 309 g/mol. The van der Waals surface area contributed by atoms with Gasteiger partial charge in [-0.1, -0.05) is 70.8 Å². The van der Waals surface area contributed by atoms with Crippen LogP contribution in [0.3, 0.4) is 0 Å². The quantitative estimate of drug-likeness (QED) is 0.548. The lowest BCUT2D eigenvalue weighted by atomic mass is 9.79. The predicted molar refractivity (Wildman–Crippen MR) is 102 cm³/mol. The van der Waals surface area contributed by atoms with E-state index in [-0.39, 0.29) is 10.5 Å². The summed E-state index contributed by atoms with van der Waals surface area (Å²) < 4.78 is 2.33. The molecule has 0 N–H and O–H groups in total. The van der Waals surface area contributed by atoms with Crippen molar-refractivity contribution in [2.24, 2.45) is 5.41 Å². The van der Waals surface area contributed by atoms with Crippen LogP contribution in [0.1, 0.15) is 26.5 Å². The number of hydrogen-bond acceptors (Lipinski definition) is 0. The zero-order valence-corrected chi connectivity index (χ0v) is 15.6. The zero-order chi connectivity index (χ0) is 16.2. The van der Waals surface area contributed by atoms with Crippen molar-refractivity contribution >= 4 is 31.3 Å². The summed E-state index contributed by atoms with van der Waals surface area (Å²) in [5.41, 5.74) is 2.78. The fraction of sp³-hybridized carbons (Fsp3) is 0.400. The van der Waals surface area contributed by atoms with Crippen LogP contribution in [0.25, 0.3) is 23.2 Å². The van der Waals surface area contributed by atoms with Crippen LogP contribution in [0.5, 0.6) is 0 Å². The van der Waals surface area contributed by atoms with E-state index in [2.05, 4.69) is 99.7 Å². The van der Waals surface area contributed by atoms with Crippen LogP contribution in [0.4, 0.5) is 0 Å². The lowest BCUT2D eigenvalue weighted by Gasteiger charge is -2.49. The lowest BCUT2D eigenvalue weighted by Crippen LogP contribution is -2.45. The first-order valence-corrected chi connectivity index (χ1v) is 11.6. The van der Waals surface area contributed by atoms with Gasteiger partial charge >= 0.3 is 0 Å². The minimum absolute atomic E-state index is 0.153. The number of allylic oxidation sites excluding steroid dienone is 2. The summed E-state index contributed by atoms with van der Waals surface area (Å²) in [5.74, 6) is 0. The molecule has 0 saturated carbocycles. The van der Waals surface area contributed by atoms with Gasteiger partial charge in [0.2, 0.25) is 0 Å². The van der Waals surface area contributed by atoms with Gasteiger partial charge in [0.25, 0.3) is 0 Å². The summed E-state index contributed by atoms with van der Waals surface area (Å²) in [4.78, 5) is 0. The number of benzene rings is 1. The number of nitrogens with zero attached hydrogens (tertiary/aromatic N) is 1. The van der Waals surface area contributed by atoms with Crippen LogP contribution in [-0.2, 0) is 0 Å². The SMILES string of the molecule is CC(C)(C)C1([Si](C)(C)C)C=Cc2cc3ccccc3n2C=C1. The van der Waals surface area contributed by atoms with E-state index in [1.807, 2.05) is 0 Å². The first-order chi connectivity index (χ1) is 10.2. The summed E-state index contributed by atoms with van der Waals surface area (Å²) in [6.07, 6.45) is 9.59. The Balaban J connectivity index is 2.23. The molecule has 1 aliphatic heterocycles. The molecule has 0 spiro atoms. The van der Waals surface area contributed by atoms with Gasteiger partial charge in [0.05, 0.1) is 13.6 Å². The fourth-order valence-corrected chi connectivity index (χ4v) is 7.49. The van der Waals surface area contributed by atoms with Gasteiger partial charge < -0.3 is 4.57 Å². The van der Waals surface area contributed by atoms with Crippen molar-refractivity contribution < 1.29 is 0 Å². The van der Waals surface area contributed by atoms with Crippen molar-refractivity contribution in [1.29, 1.82) is 0 Å². The molecular weight excluding hydrogens is 282 g/mol.